The summed E-state index contributed by atoms with van der Waals surface area (Å²) in [6, 6.07) is 25.5. The van der Waals surface area contributed by atoms with E-state index in [0.29, 0.717) is 56.6 Å². The molecular formula is C32H28BClN8O. The molecule has 5 aromatic rings. The Bertz CT molecular complexity index is 1880. The summed E-state index contributed by atoms with van der Waals surface area (Å²) in [4.78, 5) is 4.51. The number of nitrogens with one attached hydrogen (secondary N) is 2. The lowest BCUT2D eigenvalue weighted by Gasteiger charge is -2.31. The molecule has 1 aliphatic carbocycles. The number of benzene rings is 3. The van der Waals surface area contributed by atoms with Gasteiger partial charge in [0.1, 0.15) is 19.6 Å². The molecule has 0 spiro atoms. The molecule has 1 aliphatic rings. The number of nitriles is 2. The summed E-state index contributed by atoms with van der Waals surface area (Å²) in [7, 11) is 2.00. The fourth-order valence-electron chi connectivity index (χ4n) is 5.38. The fraction of sp³-hybridized carbons (Fsp3) is 0.219. The summed E-state index contributed by atoms with van der Waals surface area (Å²) in [5.74, 6) is 0. The Kier molecular flexibility index (Phi) is 7.73. The second-order valence-corrected chi connectivity index (χ2v) is 11.3. The van der Waals surface area contributed by atoms with Crippen LogP contribution >= 0.6 is 11.6 Å². The molecule has 1 unspecified atom stereocenters. The first-order valence-corrected chi connectivity index (χ1v) is 14.5. The van der Waals surface area contributed by atoms with Crippen LogP contribution in [0.15, 0.2) is 79.1 Å². The number of aromatic nitrogens is 4. The predicted molar refractivity (Wildman–Crippen MR) is 168 cm³/mol. The molecule has 11 heteroatoms. The van der Waals surface area contributed by atoms with Crippen LogP contribution in [0.25, 0.3) is 10.9 Å². The first kappa shape index (κ1) is 28.2. The van der Waals surface area contributed by atoms with E-state index in [9.17, 15) is 15.6 Å². The summed E-state index contributed by atoms with van der Waals surface area (Å²) < 4.78 is 1.90. The Balaban J connectivity index is 1.47. The fourth-order valence-corrected chi connectivity index (χ4v) is 5.65. The van der Waals surface area contributed by atoms with Crippen molar-refractivity contribution in [1.82, 2.24) is 20.0 Å². The molecule has 43 heavy (non-hydrogen) atoms. The lowest BCUT2D eigenvalue weighted by atomic mass is 9.69. The van der Waals surface area contributed by atoms with Crippen LogP contribution in [0, 0.1) is 22.7 Å². The van der Waals surface area contributed by atoms with Gasteiger partial charge in [-0.1, -0.05) is 59.3 Å². The minimum absolute atomic E-state index is 0.0350. The molecule has 0 bridgehead atoms. The zero-order valence-electron chi connectivity index (χ0n) is 23.5. The zero-order chi connectivity index (χ0) is 30.0. The van der Waals surface area contributed by atoms with E-state index in [1.165, 1.54) is 6.20 Å². The van der Waals surface area contributed by atoms with Gasteiger partial charge in [0.25, 0.3) is 0 Å². The number of halogens is 1. The summed E-state index contributed by atoms with van der Waals surface area (Å²) in [5.41, 5.74) is 4.30. The summed E-state index contributed by atoms with van der Waals surface area (Å²) in [5, 5.41) is 46.6. The van der Waals surface area contributed by atoms with Crippen LogP contribution < -0.4 is 10.6 Å². The van der Waals surface area contributed by atoms with Gasteiger partial charge in [-0.2, -0.15) is 10.5 Å². The Morgan fingerprint density at radius 1 is 1.09 bits per heavy atom. The van der Waals surface area contributed by atoms with Crippen molar-refractivity contribution in [3.8, 4) is 12.1 Å². The third-order valence-corrected chi connectivity index (χ3v) is 8.18. The smallest absolute Gasteiger partial charge is 0.148 e. The first-order chi connectivity index (χ1) is 20.9. The predicted octanol–water partition coefficient (Wildman–Crippen LogP) is 5.04. The van der Waals surface area contributed by atoms with Gasteiger partial charge in [-0.05, 0) is 54.7 Å². The third kappa shape index (κ3) is 5.63. The number of anilines is 2. The molecule has 2 aromatic heterocycles. The Morgan fingerprint density at radius 3 is 2.63 bits per heavy atom. The molecule has 9 nitrogen and oxygen atoms in total. The summed E-state index contributed by atoms with van der Waals surface area (Å²) in [6.45, 7) is -0.0350. The molecule has 0 radical (unpaired) electrons. The number of nitrogens with zero attached hydrogens (tertiary/aromatic N) is 6. The maximum Gasteiger partial charge on any atom is 0.148 e. The Hall–Kier alpha value is -4.90. The summed E-state index contributed by atoms with van der Waals surface area (Å²) in [6.07, 6.45) is 6.05. The maximum absolute atomic E-state index is 10.0. The van der Waals surface area contributed by atoms with Crippen LogP contribution in [-0.4, -0.2) is 39.5 Å². The van der Waals surface area contributed by atoms with Crippen LogP contribution in [0.5, 0.6) is 0 Å². The number of fused-ring (bicyclic) bond motifs is 1. The van der Waals surface area contributed by atoms with Gasteiger partial charge in [0, 0.05) is 23.9 Å². The van der Waals surface area contributed by atoms with Gasteiger partial charge in [0.15, 0.2) is 0 Å². The van der Waals surface area contributed by atoms with Crippen molar-refractivity contribution in [3.05, 3.63) is 112 Å². The number of pyridine rings is 1. The lowest BCUT2D eigenvalue weighted by molar-refractivity contribution is 0.280. The second kappa shape index (κ2) is 11.8. The highest BCUT2D eigenvalue weighted by Crippen LogP contribution is 2.39. The van der Waals surface area contributed by atoms with Crippen LogP contribution in [0.2, 0.25) is 5.02 Å². The van der Waals surface area contributed by atoms with Crippen LogP contribution in [0.1, 0.15) is 59.3 Å². The Morgan fingerprint density at radius 2 is 1.91 bits per heavy atom. The molecular weight excluding hydrogens is 559 g/mol. The second-order valence-electron chi connectivity index (χ2n) is 10.9. The van der Waals surface area contributed by atoms with E-state index < -0.39 is 5.44 Å². The van der Waals surface area contributed by atoms with E-state index in [0.717, 1.165) is 24.0 Å². The van der Waals surface area contributed by atoms with Gasteiger partial charge < -0.3 is 15.7 Å². The number of hydrogen-bond acceptors (Lipinski definition) is 8. The third-order valence-electron chi connectivity index (χ3n) is 7.89. The molecule has 6 rings (SSSR count). The molecule has 0 saturated heterocycles. The quantitative estimate of drug-likeness (QED) is 0.194. The van der Waals surface area contributed by atoms with E-state index >= 15 is 0 Å². The molecule has 1 fully saturated rings. The van der Waals surface area contributed by atoms with E-state index in [1.54, 1.807) is 12.1 Å². The standard InChI is InChI=1S/C32H28BClN8O/c33-32(23-8-4-5-20(13-23)16-35,29-19-42(41-40-29)25-9-10-25)39-24-14-26-30(22(17-36)18-37-31(26)27(34)15-24)38-28(11-12-43)21-6-2-1-3-7-21/h1-8,13-15,18-19,25,28,39,43H,9-12,33H2,(H,37,38)/t28-,32?/m1/s1. The van der Waals surface area contributed by atoms with Gasteiger partial charge in [-0.3, -0.25) is 4.98 Å². The van der Waals surface area contributed by atoms with E-state index in [2.05, 4.69) is 38.1 Å². The molecule has 0 amide bonds. The van der Waals surface area contributed by atoms with Crippen molar-refractivity contribution in [1.29, 1.82) is 10.5 Å². The minimum atomic E-state index is -0.881. The number of hydrogen-bond donors (Lipinski definition) is 3. The van der Waals surface area contributed by atoms with Crippen molar-refractivity contribution in [2.24, 2.45) is 0 Å². The van der Waals surface area contributed by atoms with Crippen molar-refractivity contribution >= 4 is 41.7 Å². The minimum Gasteiger partial charge on any atom is -0.396 e. The molecule has 1 saturated carbocycles. The zero-order valence-corrected chi connectivity index (χ0v) is 24.3. The normalized spacial score (nSPS) is 14.8. The highest BCUT2D eigenvalue weighted by Gasteiger charge is 2.35. The van der Waals surface area contributed by atoms with Gasteiger partial charge in [-0.25, -0.2) is 4.68 Å². The Labute approximate surface area is 255 Å². The average Bonchev–Trinajstić information content (AvgIpc) is 3.76. The number of aliphatic hydroxyl groups is 1. The summed E-state index contributed by atoms with van der Waals surface area (Å²) >= 11 is 6.84. The number of rotatable bonds is 10. The monoisotopic (exact) mass is 586 g/mol. The highest BCUT2D eigenvalue weighted by atomic mass is 35.5. The topological polar surface area (TPSA) is 135 Å². The highest BCUT2D eigenvalue weighted by molar-refractivity contribution is 6.36. The van der Waals surface area contributed by atoms with Crippen LogP contribution in [0.4, 0.5) is 11.4 Å². The van der Waals surface area contributed by atoms with E-state index in [4.69, 9.17) is 11.6 Å². The van der Waals surface area contributed by atoms with Gasteiger partial charge in [-0.15, -0.1) is 5.10 Å². The van der Waals surface area contributed by atoms with E-state index in [1.807, 2.05) is 73.3 Å². The molecule has 2 heterocycles. The van der Waals surface area contributed by atoms with Crippen LogP contribution in [0.3, 0.4) is 0 Å². The molecule has 3 N–H and O–H groups in total. The average molecular weight is 587 g/mol. The molecule has 0 aliphatic heterocycles. The molecule has 212 valence electrons. The van der Waals surface area contributed by atoms with Crippen molar-refractivity contribution in [2.75, 3.05) is 17.2 Å². The van der Waals surface area contributed by atoms with Crippen LogP contribution in [-0.2, 0) is 5.44 Å². The van der Waals surface area contributed by atoms with Gasteiger partial charge in [0.05, 0.1) is 57.1 Å². The van der Waals surface area contributed by atoms with Gasteiger partial charge in [0.2, 0.25) is 0 Å². The maximum atomic E-state index is 10.0. The van der Waals surface area contributed by atoms with Crippen molar-refractivity contribution in [2.45, 2.75) is 36.8 Å². The van der Waals surface area contributed by atoms with Crippen molar-refractivity contribution in [3.63, 3.8) is 0 Å². The molecule has 2 atom stereocenters. The number of aliphatic hydroxyl groups excluding tert-OH is 1. The first-order valence-electron chi connectivity index (χ1n) is 14.1. The lowest BCUT2D eigenvalue weighted by Crippen LogP contribution is -2.38. The molecule has 3 aromatic carbocycles. The SMILES string of the molecule is BC(Nc1cc(Cl)c2ncc(C#N)c(N[C@H](CCO)c3ccccc3)c2c1)(c1cccc(C#N)c1)c1cn(C2CC2)nn1. The van der Waals surface area contributed by atoms with Crippen molar-refractivity contribution < 1.29 is 5.11 Å². The van der Waals surface area contributed by atoms with E-state index in [-0.39, 0.29) is 12.6 Å². The largest absolute Gasteiger partial charge is 0.396 e. The van der Waals surface area contributed by atoms with Gasteiger partial charge >= 0.3 is 0 Å².